The maximum absolute atomic E-state index is 12.7. The number of rotatable bonds is 6. The van der Waals surface area contributed by atoms with Gasteiger partial charge in [-0.3, -0.25) is 9.69 Å². The standard InChI is InChI=1S/C20H25N3O3/c1-14-6-8-15(9-7-14)25-13-5-4-12-23-18-16(10-11-17(21)22-18)26-20(2,3)19(23)24/h6-11H,4-5,12-13H2,1-3H3,(H2,21,22). The van der Waals surface area contributed by atoms with E-state index in [4.69, 9.17) is 15.2 Å². The van der Waals surface area contributed by atoms with Crippen LogP contribution in [-0.2, 0) is 4.79 Å². The first-order valence-corrected chi connectivity index (χ1v) is 8.84. The number of aromatic nitrogens is 1. The van der Waals surface area contributed by atoms with Crippen LogP contribution in [0, 0.1) is 6.92 Å². The molecule has 0 aliphatic carbocycles. The molecule has 2 heterocycles. The molecule has 0 unspecified atom stereocenters. The minimum absolute atomic E-state index is 0.109. The molecule has 6 nitrogen and oxygen atoms in total. The van der Waals surface area contributed by atoms with Crippen molar-refractivity contribution in [3.05, 3.63) is 42.0 Å². The summed E-state index contributed by atoms with van der Waals surface area (Å²) < 4.78 is 11.5. The van der Waals surface area contributed by atoms with E-state index in [-0.39, 0.29) is 5.91 Å². The van der Waals surface area contributed by atoms with Gasteiger partial charge in [-0.1, -0.05) is 17.7 Å². The zero-order chi connectivity index (χ0) is 18.7. The fourth-order valence-electron chi connectivity index (χ4n) is 2.87. The van der Waals surface area contributed by atoms with Crippen LogP contribution < -0.4 is 20.1 Å². The van der Waals surface area contributed by atoms with E-state index in [9.17, 15) is 4.79 Å². The van der Waals surface area contributed by atoms with E-state index in [0.29, 0.717) is 30.5 Å². The molecule has 1 amide bonds. The summed E-state index contributed by atoms with van der Waals surface area (Å²) >= 11 is 0. The summed E-state index contributed by atoms with van der Waals surface area (Å²) in [6.07, 6.45) is 1.63. The molecule has 1 aliphatic rings. The van der Waals surface area contributed by atoms with E-state index in [1.807, 2.05) is 31.2 Å². The van der Waals surface area contributed by atoms with Gasteiger partial charge in [0.1, 0.15) is 11.6 Å². The summed E-state index contributed by atoms with van der Waals surface area (Å²) in [5.41, 5.74) is 6.08. The first-order chi connectivity index (χ1) is 12.4. The molecule has 2 aromatic rings. The first kappa shape index (κ1) is 18.0. The topological polar surface area (TPSA) is 77.7 Å². The van der Waals surface area contributed by atoms with Crippen molar-refractivity contribution in [3.8, 4) is 11.5 Å². The number of carbonyl (C=O) groups is 1. The predicted octanol–water partition coefficient (Wildman–Crippen LogP) is 3.34. The van der Waals surface area contributed by atoms with E-state index in [0.717, 1.165) is 18.6 Å². The maximum Gasteiger partial charge on any atom is 0.271 e. The number of aryl methyl sites for hydroxylation is 1. The van der Waals surface area contributed by atoms with Gasteiger partial charge >= 0.3 is 0 Å². The second kappa shape index (κ2) is 7.23. The Morgan fingerprint density at radius 1 is 1.15 bits per heavy atom. The number of anilines is 2. The molecule has 0 saturated heterocycles. The van der Waals surface area contributed by atoms with Gasteiger partial charge in [0, 0.05) is 6.54 Å². The van der Waals surface area contributed by atoms with Crippen LogP contribution >= 0.6 is 0 Å². The van der Waals surface area contributed by atoms with Gasteiger partial charge in [-0.2, -0.15) is 0 Å². The molecule has 0 spiro atoms. The van der Waals surface area contributed by atoms with Crippen LogP contribution in [0.5, 0.6) is 11.5 Å². The molecule has 26 heavy (non-hydrogen) atoms. The number of unbranched alkanes of at least 4 members (excludes halogenated alkanes) is 1. The monoisotopic (exact) mass is 355 g/mol. The number of benzene rings is 1. The Bertz CT molecular complexity index is 787. The Balaban J connectivity index is 1.59. The van der Waals surface area contributed by atoms with Crippen molar-refractivity contribution in [1.82, 2.24) is 4.98 Å². The molecule has 6 heteroatoms. The van der Waals surface area contributed by atoms with Crippen molar-refractivity contribution in [2.75, 3.05) is 23.8 Å². The number of nitrogen functional groups attached to an aromatic ring is 1. The highest BCUT2D eigenvalue weighted by Crippen LogP contribution is 2.36. The number of nitrogens with zero attached hydrogens (tertiary/aromatic N) is 2. The Morgan fingerprint density at radius 2 is 1.88 bits per heavy atom. The van der Waals surface area contributed by atoms with Crippen molar-refractivity contribution < 1.29 is 14.3 Å². The van der Waals surface area contributed by atoms with Crippen LogP contribution in [0.2, 0.25) is 0 Å². The van der Waals surface area contributed by atoms with Gasteiger partial charge in [0.25, 0.3) is 5.91 Å². The molecule has 0 atom stereocenters. The highest BCUT2D eigenvalue weighted by molar-refractivity contribution is 6.01. The maximum atomic E-state index is 12.7. The Morgan fingerprint density at radius 3 is 2.62 bits per heavy atom. The largest absolute Gasteiger partial charge is 0.494 e. The molecule has 0 radical (unpaired) electrons. The van der Waals surface area contributed by atoms with Crippen molar-refractivity contribution in [3.63, 3.8) is 0 Å². The van der Waals surface area contributed by atoms with E-state index >= 15 is 0 Å². The summed E-state index contributed by atoms with van der Waals surface area (Å²) in [5, 5.41) is 0. The van der Waals surface area contributed by atoms with Crippen LogP contribution in [-0.4, -0.2) is 29.6 Å². The minimum atomic E-state index is -0.913. The average Bonchev–Trinajstić information content (AvgIpc) is 2.60. The molecule has 0 fully saturated rings. The molecule has 1 aromatic heterocycles. The average molecular weight is 355 g/mol. The number of hydrogen-bond donors (Lipinski definition) is 1. The SMILES string of the molecule is Cc1ccc(OCCCCN2C(=O)C(C)(C)Oc3ccc(N)nc32)cc1. The van der Waals surface area contributed by atoms with Crippen LogP contribution in [0.1, 0.15) is 32.3 Å². The minimum Gasteiger partial charge on any atom is -0.494 e. The lowest BCUT2D eigenvalue weighted by molar-refractivity contribution is -0.132. The lowest BCUT2D eigenvalue weighted by Crippen LogP contribution is -2.53. The van der Waals surface area contributed by atoms with Gasteiger partial charge in [-0.15, -0.1) is 0 Å². The van der Waals surface area contributed by atoms with Gasteiger partial charge < -0.3 is 15.2 Å². The van der Waals surface area contributed by atoms with Gasteiger partial charge in [0.2, 0.25) is 0 Å². The zero-order valence-electron chi connectivity index (χ0n) is 15.5. The number of hydrogen-bond acceptors (Lipinski definition) is 5. The molecular weight excluding hydrogens is 330 g/mol. The lowest BCUT2D eigenvalue weighted by Gasteiger charge is -2.38. The Hall–Kier alpha value is -2.76. The second-order valence-corrected chi connectivity index (χ2v) is 7.00. The highest BCUT2D eigenvalue weighted by atomic mass is 16.5. The third-order valence-corrected chi connectivity index (χ3v) is 4.31. The molecule has 0 bridgehead atoms. The second-order valence-electron chi connectivity index (χ2n) is 7.00. The molecule has 3 rings (SSSR count). The van der Waals surface area contributed by atoms with Crippen molar-refractivity contribution in [1.29, 1.82) is 0 Å². The summed E-state index contributed by atoms with van der Waals surface area (Å²) in [6.45, 7) is 6.72. The van der Waals surface area contributed by atoms with E-state index in [2.05, 4.69) is 4.98 Å². The van der Waals surface area contributed by atoms with E-state index in [1.165, 1.54) is 5.56 Å². The molecule has 0 saturated carbocycles. The third kappa shape index (κ3) is 3.90. The van der Waals surface area contributed by atoms with Crippen LogP contribution in [0.15, 0.2) is 36.4 Å². The zero-order valence-corrected chi connectivity index (χ0v) is 15.5. The molecular formula is C20H25N3O3. The summed E-state index contributed by atoms with van der Waals surface area (Å²) in [5.74, 6) is 2.20. The van der Waals surface area contributed by atoms with Gasteiger partial charge in [-0.05, 0) is 57.9 Å². The summed E-state index contributed by atoms with van der Waals surface area (Å²) in [6, 6.07) is 11.4. The smallest absolute Gasteiger partial charge is 0.271 e. The predicted molar refractivity (Wildman–Crippen MR) is 102 cm³/mol. The summed E-state index contributed by atoms with van der Waals surface area (Å²) in [7, 11) is 0. The van der Waals surface area contributed by atoms with Crippen molar-refractivity contribution in [2.45, 2.75) is 39.2 Å². The quantitative estimate of drug-likeness (QED) is 0.804. The number of ether oxygens (including phenoxy) is 2. The van der Waals surface area contributed by atoms with Gasteiger partial charge in [0.15, 0.2) is 17.2 Å². The number of fused-ring (bicyclic) bond motifs is 1. The van der Waals surface area contributed by atoms with Crippen molar-refractivity contribution in [2.24, 2.45) is 0 Å². The van der Waals surface area contributed by atoms with Crippen molar-refractivity contribution >= 4 is 17.5 Å². The number of carbonyl (C=O) groups excluding carboxylic acids is 1. The highest BCUT2D eigenvalue weighted by Gasteiger charge is 2.41. The molecule has 2 N–H and O–H groups in total. The van der Waals surface area contributed by atoms with E-state index in [1.54, 1.807) is 30.9 Å². The fraction of sp³-hybridized carbons (Fsp3) is 0.400. The van der Waals surface area contributed by atoms with Gasteiger partial charge in [0.05, 0.1) is 6.61 Å². The van der Waals surface area contributed by atoms with Crippen LogP contribution in [0.25, 0.3) is 0 Å². The van der Waals surface area contributed by atoms with Crippen LogP contribution in [0.3, 0.4) is 0 Å². The first-order valence-electron chi connectivity index (χ1n) is 8.84. The number of nitrogens with two attached hydrogens (primary N) is 1. The van der Waals surface area contributed by atoms with E-state index < -0.39 is 5.60 Å². The normalized spacial score (nSPS) is 15.3. The molecule has 1 aliphatic heterocycles. The van der Waals surface area contributed by atoms with Gasteiger partial charge in [-0.25, -0.2) is 4.98 Å². The Labute approximate surface area is 153 Å². The lowest BCUT2D eigenvalue weighted by atomic mass is 10.0. The Kier molecular flexibility index (Phi) is 5.02. The molecule has 138 valence electrons. The fourth-order valence-corrected chi connectivity index (χ4v) is 2.87. The third-order valence-electron chi connectivity index (χ3n) is 4.31. The van der Waals surface area contributed by atoms with Crippen LogP contribution in [0.4, 0.5) is 11.6 Å². The number of amides is 1. The molecule has 1 aromatic carbocycles. The summed E-state index contributed by atoms with van der Waals surface area (Å²) in [4.78, 5) is 18.7. The number of pyridine rings is 1.